The van der Waals surface area contributed by atoms with Crippen LogP contribution in [0.2, 0.25) is 10.2 Å². The lowest BCUT2D eigenvalue weighted by molar-refractivity contribution is -0.117. The van der Waals surface area contributed by atoms with E-state index in [4.69, 9.17) is 33.9 Å². The van der Waals surface area contributed by atoms with Crippen molar-refractivity contribution in [3.05, 3.63) is 123 Å². The number of amidine groups is 1. The number of nitrogens with two attached hydrogens (primary N) is 1. The molecule has 1 amide bonds. The van der Waals surface area contributed by atoms with E-state index < -0.39 is 6.04 Å². The van der Waals surface area contributed by atoms with E-state index in [0.717, 1.165) is 27.9 Å². The minimum atomic E-state index is -0.483. The fraction of sp³-hybridized carbons (Fsp3) is 0.100. The number of imidazole rings is 1. The van der Waals surface area contributed by atoms with Crippen molar-refractivity contribution in [2.24, 2.45) is 10.7 Å². The first kappa shape index (κ1) is 26.5. The van der Waals surface area contributed by atoms with Crippen molar-refractivity contribution in [3.8, 4) is 16.9 Å². The molecule has 11 heteroatoms. The second-order valence-corrected chi connectivity index (χ2v) is 10.3. The van der Waals surface area contributed by atoms with Gasteiger partial charge < -0.3 is 16.0 Å². The molecule has 41 heavy (non-hydrogen) atoms. The van der Waals surface area contributed by atoms with Crippen molar-refractivity contribution < 1.29 is 4.79 Å². The van der Waals surface area contributed by atoms with Crippen LogP contribution >= 0.6 is 23.2 Å². The van der Waals surface area contributed by atoms with Crippen LogP contribution in [-0.2, 0) is 17.8 Å². The number of fused-ring (bicyclic) bond motifs is 1. The first-order valence-electron chi connectivity index (χ1n) is 12.8. The molecule has 3 aromatic carbocycles. The van der Waals surface area contributed by atoms with E-state index in [1.165, 1.54) is 6.08 Å². The summed E-state index contributed by atoms with van der Waals surface area (Å²) in [6.45, 7) is 0.522. The first-order valence-corrected chi connectivity index (χ1v) is 13.6. The topological polar surface area (TPSA) is 127 Å². The standard InChI is InChI=1S/C30H24Cl2N8O/c31-22-8-10-25(40-13-12-35-39-40)19(16-22)7-11-26(41)36-24(14-18-4-2-1-3-5-18)30-37-27(28(32)38-30)20-6-9-23-21(15-20)17-34-29(23)33/h1-13,15-16,24H,14,17H2,(H2,33,34)(H,36,41)(H,37,38)/b11-7+/t24-/m0/s1. The number of carbonyl (C=O) groups excluding carboxylic acids is 1. The van der Waals surface area contributed by atoms with Gasteiger partial charge in [-0.2, -0.15) is 0 Å². The van der Waals surface area contributed by atoms with E-state index in [9.17, 15) is 4.79 Å². The van der Waals surface area contributed by atoms with E-state index in [2.05, 4.69) is 25.6 Å². The summed E-state index contributed by atoms with van der Waals surface area (Å²) in [5.41, 5.74) is 11.8. The number of benzene rings is 3. The molecule has 0 radical (unpaired) electrons. The Morgan fingerprint density at radius 2 is 1.98 bits per heavy atom. The smallest absolute Gasteiger partial charge is 0.244 e. The van der Waals surface area contributed by atoms with Gasteiger partial charge in [-0.05, 0) is 47.9 Å². The van der Waals surface area contributed by atoms with Crippen LogP contribution in [0.5, 0.6) is 0 Å². The van der Waals surface area contributed by atoms with Gasteiger partial charge in [0.1, 0.15) is 22.5 Å². The molecule has 0 unspecified atom stereocenters. The first-order chi connectivity index (χ1) is 19.9. The summed E-state index contributed by atoms with van der Waals surface area (Å²) in [5.74, 6) is 0.762. The maximum absolute atomic E-state index is 13.2. The van der Waals surface area contributed by atoms with Gasteiger partial charge in [0.25, 0.3) is 0 Å². The van der Waals surface area contributed by atoms with Crippen LogP contribution in [0.1, 0.15) is 34.1 Å². The highest BCUT2D eigenvalue weighted by Gasteiger charge is 2.22. The lowest BCUT2D eigenvalue weighted by Crippen LogP contribution is -2.29. The summed E-state index contributed by atoms with van der Waals surface area (Å²) in [7, 11) is 0. The average Bonchev–Trinajstić information content (AvgIpc) is 3.73. The molecule has 2 aromatic heterocycles. The second-order valence-electron chi connectivity index (χ2n) is 9.49. The predicted molar refractivity (Wildman–Crippen MR) is 160 cm³/mol. The SMILES string of the molecule is NC1=NCc2cc(-c3nc([C@H](Cc4ccccc4)NC(=O)/C=C/c4cc(Cl)ccc4-n4ccnn4)[nH]c3Cl)ccc21. The van der Waals surface area contributed by atoms with Crippen molar-refractivity contribution in [3.63, 3.8) is 0 Å². The number of hydrogen-bond acceptors (Lipinski definition) is 6. The van der Waals surface area contributed by atoms with Crippen LogP contribution < -0.4 is 11.1 Å². The molecule has 5 aromatic rings. The van der Waals surface area contributed by atoms with Gasteiger partial charge in [-0.25, -0.2) is 9.67 Å². The van der Waals surface area contributed by atoms with Crippen LogP contribution in [0.4, 0.5) is 0 Å². The zero-order chi connectivity index (χ0) is 28.3. The molecule has 1 atom stereocenters. The van der Waals surface area contributed by atoms with E-state index in [1.54, 1.807) is 35.3 Å². The summed E-state index contributed by atoms with van der Waals surface area (Å²) in [6, 6.07) is 20.6. The van der Waals surface area contributed by atoms with Crippen molar-refractivity contribution in [1.82, 2.24) is 30.3 Å². The number of amides is 1. The molecule has 0 fully saturated rings. The summed E-state index contributed by atoms with van der Waals surface area (Å²) in [4.78, 5) is 25.5. The molecule has 9 nitrogen and oxygen atoms in total. The Morgan fingerprint density at radius 1 is 1.12 bits per heavy atom. The number of hydrogen-bond donors (Lipinski definition) is 3. The fourth-order valence-corrected chi connectivity index (χ4v) is 5.19. The highest BCUT2D eigenvalue weighted by Crippen LogP contribution is 2.31. The minimum absolute atomic E-state index is 0.310. The van der Waals surface area contributed by atoms with Crippen molar-refractivity contribution in [2.45, 2.75) is 19.0 Å². The third kappa shape index (κ3) is 5.77. The largest absolute Gasteiger partial charge is 0.383 e. The number of carbonyl (C=O) groups is 1. The molecule has 4 N–H and O–H groups in total. The molecule has 0 bridgehead atoms. The molecule has 3 heterocycles. The number of halogens is 2. The van der Waals surface area contributed by atoms with Gasteiger partial charge in [-0.3, -0.25) is 9.79 Å². The molecule has 204 valence electrons. The molecular formula is C30H24Cl2N8O. The van der Waals surface area contributed by atoms with Crippen molar-refractivity contribution in [1.29, 1.82) is 0 Å². The maximum Gasteiger partial charge on any atom is 0.244 e. The van der Waals surface area contributed by atoms with Gasteiger partial charge in [0, 0.05) is 27.8 Å². The molecule has 0 aliphatic carbocycles. The normalized spacial score (nSPS) is 13.3. The summed E-state index contributed by atoms with van der Waals surface area (Å²) in [6.07, 6.45) is 6.95. The molecule has 6 rings (SSSR count). The minimum Gasteiger partial charge on any atom is -0.383 e. The van der Waals surface area contributed by atoms with Crippen LogP contribution in [0, 0.1) is 0 Å². The molecular weight excluding hydrogens is 559 g/mol. The number of nitrogens with zero attached hydrogens (tertiary/aromatic N) is 5. The molecule has 0 saturated heterocycles. The Balaban J connectivity index is 1.28. The number of nitrogens with one attached hydrogen (secondary N) is 2. The van der Waals surface area contributed by atoms with E-state index in [0.29, 0.717) is 46.1 Å². The lowest BCUT2D eigenvalue weighted by atomic mass is 10.0. The van der Waals surface area contributed by atoms with Crippen LogP contribution in [0.3, 0.4) is 0 Å². The van der Waals surface area contributed by atoms with Crippen molar-refractivity contribution in [2.75, 3.05) is 0 Å². The molecule has 1 aliphatic heterocycles. The number of H-pyrrole nitrogens is 1. The summed E-state index contributed by atoms with van der Waals surface area (Å²) >= 11 is 12.9. The molecule has 0 saturated carbocycles. The van der Waals surface area contributed by atoms with Crippen LogP contribution in [0.15, 0.2) is 90.2 Å². The van der Waals surface area contributed by atoms with Crippen molar-refractivity contribution >= 4 is 41.0 Å². The Hall–Kier alpha value is -4.73. The third-order valence-electron chi connectivity index (χ3n) is 6.75. The number of rotatable bonds is 8. The van der Waals surface area contributed by atoms with Gasteiger partial charge in [0.05, 0.1) is 30.7 Å². The Morgan fingerprint density at radius 3 is 2.78 bits per heavy atom. The summed E-state index contributed by atoms with van der Waals surface area (Å²) in [5, 5.41) is 11.9. The van der Waals surface area contributed by atoms with Gasteiger partial charge in [0.15, 0.2) is 0 Å². The quantitative estimate of drug-likeness (QED) is 0.214. The zero-order valence-electron chi connectivity index (χ0n) is 21.6. The van der Waals surface area contributed by atoms with Gasteiger partial charge in [-0.1, -0.05) is 70.9 Å². The Kier molecular flexibility index (Phi) is 7.37. The maximum atomic E-state index is 13.2. The number of aromatic amines is 1. The lowest BCUT2D eigenvalue weighted by Gasteiger charge is -2.16. The highest BCUT2D eigenvalue weighted by molar-refractivity contribution is 6.32. The monoisotopic (exact) mass is 582 g/mol. The fourth-order valence-electron chi connectivity index (χ4n) is 4.76. The Bertz CT molecular complexity index is 1780. The third-order valence-corrected chi connectivity index (χ3v) is 7.26. The second kappa shape index (κ2) is 11.4. The van der Waals surface area contributed by atoms with E-state index >= 15 is 0 Å². The zero-order valence-corrected chi connectivity index (χ0v) is 23.1. The highest BCUT2D eigenvalue weighted by atomic mass is 35.5. The average molecular weight is 583 g/mol. The molecule has 0 spiro atoms. The van der Waals surface area contributed by atoms with E-state index in [-0.39, 0.29) is 5.91 Å². The van der Waals surface area contributed by atoms with Gasteiger partial charge >= 0.3 is 0 Å². The van der Waals surface area contributed by atoms with Gasteiger partial charge in [-0.15, -0.1) is 5.10 Å². The van der Waals surface area contributed by atoms with E-state index in [1.807, 2.05) is 54.6 Å². The van der Waals surface area contributed by atoms with Crippen LogP contribution in [0.25, 0.3) is 23.0 Å². The molecule has 1 aliphatic rings. The Labute approximate surface area is 245 Å². The predicted octanol–water partition coefficient (Wildman–Crippen LogP) is 5.30. The van der Waals surface area contributed by atoms with Gasteiger partial charge in [0.2, 0.25) is 5.91 Å². The van der Waals surface area contributed by atoms with Crippen LogP contribution in [-0.4, -0.2) is 36.7 Å². The summed E-state index contributed by atoms with van der Waals surface area (Å²) < 4.78 is 1.61. The number of aromatic nitrogens is 5. The number of aliphatic imine (C=N–C) groups is 1.